The first kappa shape index (κ1) is 28.7. The summed E-state index contributed by atoms with van der Waals surface area (Å²) in [5.74, 6) is -1.13. The molecule has 0 spiro atoms. The largest absolute Gasteiger partial charge is 0.480 e. The Morgan fingerprint density at radius 2 is 1.71 bits per heavy atom. The summed E-state index contributed by atoms with van der Waals surface area (Å²) in [5.41, 5.74) is 4.02. The maximum Gasteiger partial charge on any atom is 0.329 e. The minimum atomic E-state index is -1.18. The van der Waals surface area contributed by atoms with Crippen LogP contribution in [0.15, 0.2) is 91.1 Å². The standard InChI is InChI=1S/C35H35N3O4/c1-25-14-16-26(17-15-25)18-19-31(39)32-36-30(28-11-3-2-4-12-28)24-38(32)22-8-10-27-9-7-13-29(23-27)33(40)37-35(34(41)42)20-5-6-21-35/h2-4,7,9,11-19,23-24H,5-6,8,10,20-22H2,1H3,(H,37,40)(H,41,42)/b19-18+. The first-order chi connectivity index (χ1) is 20.3. The molecule has 0 radical (unpaired) electrons. The molecule has 5 rings (SSSR count). The molecule has 0 bridgehead atoms. The van der Waals surface area contributed by atoms with Gasteiger partial charge in [0.25, 0.3) is 5.91 Å². The van der Waals surface area contributed by atoms with E-state index in [1.165, 1.54) is 0 Å². The maximum atomic E-state index is 13.3. The second-order valence-electron chi connectivity index (χ2n) is 11.0. The summed E-state index contributed by atoms with van der Waals surface area (Å²) >= 11 is 0. The number of nitrogens with one attached hydrogen (secondary N) is 1. The van der Waals surface area contributed by atoms with Crippen molar-refractivity contribution in [3.05, 3.63) is 119 Å². The molecule has 4 aromatic rings. The van der Waals surface area contributed by atoms with Gasteiger partial charge in [0.15, 0.2) is 5.82 Å². The highest BCUT2D eigenvalue weighted by Crippen LogP contribution is 2.30. The molecule has 1 saturated carbocycles. The molecule has 2 N–H and O–H groups in total. The summed E-state index contributed by atoms with van der Waals surface area (Å²) < 4.78 is 1.90. The number of amides is 1. The zero-order chi connectivity index (χ0) is 29.5. The van der Waals surface area contributed by atoms with Gasteiger partial charge in [0.1, 0.15) is 5.54 Å². The molecule has 1 fully saturated rings. The number of carboxylic acid groups (broad SMARTS) is 1. The lowest BCUT2D eigenvalue weighted by Crippen LogP contribution is -2.52. The van der Waals surface area contributed by atoms with Crippen molar-refractivity contribution in [3.8, 4) is 11.3 Å². The van der Waals surface area contributed by atoms with Gasteiger partial charge < -0.3 is 15.0 Å². The Bertz CT molecular complexity index is 1600. The minimum absolute atomic E-state index is 0.171. The second kappa shape index (κ2) is 12.8. The van der Waals surface area contributed by atoms with E-state index in [-0.39, 0.29) is 11.7 Å². The SMILES string of the molecule is Cc1ccc(/C=C/C(=O)c2nc(-c3ccccc3)cn2CCCc2cccc(C(=O)NC3(C(=O)O)CCCC3)c2)cc1. The average molecular weight is 562 g/mol. The Balaban J connectivity index is 1.29. The van der Waals surface area contributed by atoms with Crippen molar-refractivity contribution in [3.63, 3.8) is 0 Å². The van der Waals surface area contributed by atoms with Crippen LogP contribution in [-0.4, -0.2) is 37.9 Å². The van der Waals surface area contributed by atoms with Crippen LogP contribution in [0.25, 0.3) is 17.3 Å². The van der Waals surface area contributed by atoms with E-state index in [4.69, 9.17) is 4.98 Å². The number of nitrogens with zero attached hydrogens (tertiary/aromatic N) is 2. The van der Waals surface area contributed by atoms with Crippen LogP contribution >= 0.6 is 0 Å². The normalized spacial score (nSPS) is 14.2. The van der Waals surface area contributed by atoms with E-state index in [2.05, 4.69) is 5.32 Å². The molecule has 42 heavy (non-hydrogen) atoms. The fourth-order valence-corrected chi connectivity index (χ4v) is 5.44. The van der Waals surface area contributed by atoms with Gasteiger partial charge in [-0.15, -0.1) is 0 Å². The number of rotatable bonds is 11. The number of imidazole rings is 1. The van der Waals surface area contributed by atoms with Crippen molar-refractivity contribution in [2.75, 3.05) is 0 Å². The van der Waals surface area contributed by atoms with Crippen molar-refractivity contribution in [2.24, 2.45) is 0 Å². The molecule has 1 aromatic heterocycles. The molecule has 7 nitrogen and oxygen atoms in total. The van der Waals surface area contributed by atoms with Gasteiger partial charge in [-0.25, -0.2) is 9.78 Å². The van der Waals surface area contributed by atoms with E-state index < -0.39 is 11.5 Å². The number of allylic oxidation sites excluding steroid dienone is 1. The Morgan fingerprint density at radius 3 is 2.43 bits per heavy atom. The molecule has 3 aromatic carbocycles. The first-order valence-electron chi connectivity index (χ1n) is 14.4. The van der Waals surface area contributed by atoms with Crippen LogP contribution in [0, 0.1) is 6.92 Å². The summed E-state index contributed by atoms with van der Waals surface area (Å²) in [6.07, 6.45) is 9.16. The smallest absolute Gasteiger partial charge is 0.329 e. The predicted molar refractivity (Wildman–Crippen MR) is 163 cm³/mol. The monoisotopic (exact) mass is 561 g/mol. The van der Waals surface area contributed by atoms with Crippen LogP contribution in [0.4, 0.5) is 0 Å². The molecular weight excluding hydrogens is 526 g/mol. The lowest BCUT2D eigenvalue weighted by atomic mass is 9.97. The van der Waals surface area contributed by atoms with Crippen LogP contribution in [-0.2, 0) is 17.8 Å². The molecule has 1 aliphatic rings. The lowest BCUT2D eigenvalue weighted by molar-refractivity contribution is -0.144. The van der Waals surface area contributed by atoms with Gasteiger partial charge in [0.2, 0.25) is 5.78 Å². The molecule has 0 aliphatic heterocycles. The van der Waals surface area contributed by atoms with Gasteiger partial charge in [-0.3, -0.25) is 9.59 Å². The number of benzene rings is 3. The third kappa shape index (κ3) is 6.74. The maximum absolute atomic E-state index is 13.3. The summed E-state index contributed by atoms with van der Waals surface area (Å²) in [6, 6.07) is 25.1. The molecule has 7 heteroatoms. The van der Waals surface area contributed by atoms with E-state index in [0.29, 0.717) is 37.2 Å². The zero-order valence-corrected chi connectivity index (χ0v) is 23.8. The number of ketones is 1. The van der Waals surface area contributed by atoms with Crippen molar-refractivity contribution in [1.82, 2.24) is 14.9 Å². The first-order valence-corrected chi connectivity index (χ1v) is 14.4. The number of aliphatic carboxylic acids is 1. The number of carbonyl (C=O) groups excluding carboxylic acids is 2. The Kier molecular flexibility index (Phi) is 8.77. The highest BCUT2D eigenvalue weighted by Gasteiger charge is 2.42. The Hall–Kier alpha value is -4.78. The lowest BCUT2D eigenvalue weighted by Gasteiger charge is -2.25. The van der Waals surface area contributed by atoms with Gasteiger partial charge in [0, 0.05) is 23.9 Å². The summed E-state index contributed by atoms with van der Waals surface area (Å²) in [4.78, 5) is 42.8. The van der Waals surface area contributed by atoms with Crippen molar-refractivity contribution in [2.45, 2.75) is 57.5 Å². The topological polar surface area (TPSA) is 101 Å². The van der Waals surface area contributed by atoms with E-state index >= 15 is 0 Å². The van der Waals surface area contributed by atoms with E-state index in [0.717, 1.165) is 47.2 Å². The fraction of sp³-hybridized carbons (Fsp3) is 0.257. The Labute approximate surface area is 245 Å². The van der Waals surface area contributed by atoms with Gasteiger partial charge in [0.05, 0.1) is 5.69 Å². The van der Waals surface area contributed by atoms with Gasteiger partial charge in [-0.1, -0.05) is 91.2 Å². The number of carboxylic acids is 1. The number of hydrogen-bond acceptors (Lipinski definition) is 4. The summed E-state index contributed by atoms with van der Waals surface area (Å²) in [7, 11) is 0. The van der Waals surface area contributed by atoms with Crippen LogP contribution < -0.4 is 5.32 Å². The van der Waals surface area contributed by atoms with Crippen LogP contribution in [0.3, 0.4) is 0 Å². The number of aryl methyl sites for hydroxylation is 3. The fourth-order valence-electron chi connectivity index (χ4n) is 5.44. The molecule has 1 amide bonds. The molecule has 0 saturated heterocycles. The summed E-state index contributed by atoms with van der Waals surface area (Å²) in [6.45, 7) is 2.59. The molecule has 0 unspecified atom stereocenters. The second-order valence-corrected chi connectivity index (χ2v) is 11.0. The average Bonchev–Trinajstić information content (AvgIpc) is 3.66. The molecular formula is C35H35N3O4. The Morgan fingerprint density at radius 1 is 0.976 bits per heavy atom. The van der Waals surface area contributed by atoms with Gasteiger partial charge >= 0.3 is 5.97 Å². The van der Waals surface area contributed by atoms with E-state index in [1.54, 1.807) is 18.2 Å². The van der Waals surface area contributed by atoms with Gasteiger partial charge in [-0.2, -0.15) is 0 Å². The minimum Gasteiger partial charge on any atom is -0.480 e. The van der Waals surface area contributed by atoms with Gasteiger partial charge in [-0.05, 0) is 61.9 Å². The molecule has 1 heterocycles. The number of aromatic nitrogens is 2. The van der Waals surface area contributed by atoms with Crippen LogP contribution in [0.1, 0.15) is 69.8 Å². The molecule has 214 valence electrons. The zero-order valence-electron chi connectivity index (χ0n) is 23.8. The van der Waals surface area contributed by atoms with Crippen LogP contribution in [0.5, 0.6) is 0 Å². The third-order valence-corrected chi connectivity index (χ3v) is 7.84. The molecule has 1 aliphatic carbocycles. The summed E-state index contributed by atoms with van der Waals surface area (Å²) in [5, 5.41) is 12.5. The van der Waals surface area contributed by atoms with Crippen molar-refractivity contribution in [1.29, 1.82) is 0 Å². The predicted octanol–water partition coefficient (Wildman–Crippen LogP) is 6.51. The van der Waals surface area contributed by atoms with Crippen molar-refractivity contribution < 1.29 is 19.5 Å². The van der Waals surface area contributed by atoms with Crippen molar-refractivity contribution >= 4 is 23.7 Å². The van der Waals surface area contributed by atoms with E-state index in [1.807, 2.05) is 90.5 Å². The molecule has 0 atom stereocenters. The quantitative estimate of drug-likeness (QED) is 0.160. The third-order valence-electron chi connectivity index (χ3n) is 7.84. The highest BCUT2D eigenvalue weighted by molar-refractivity contribution is 6.05. The van der Waals surface area contributed by atoms with Crippen LogP contribution in [0.2, 0.25) is 0 Å². The number of hydrogen-bond donors (Lipinski definition) is 2. The number of carbonyl (C=O) groups is 3. The van der Waals surface area contributed by atoms with E-state index in [9.17, 15) is 19.5 Å². The highest BCUT2D eigenvalue weighted by atomic mass is 16.4.